The van der Waals surface area contributed by atoms with Crippen molar-refractivity contribution in [2.45, 2.75) is 6.54 Å². The molecule has 2 amide bonds. The molecule has 0 fully saturated rings. The monoisotopic (exact) mass is 327 g/mol. The van der Waals surface area contributed by atoms with Crippen LogP contribution in [0.15, 0.2) is 48.8 Å². The number of anilines is 1. The Morgan fingerprint density at radius 2 is 1.87 bits per heavy atom. The number of nitrogens with one attached hydrogen (secondary N) is 3. The second-order valence-corrected chi connectivity index (χ2v) is 5.91. The van der Waals surface area contributed by atoms with Gasteiger partial charge in [0.1, 0.15) is 0 Å². The third-order valence-electron chi connectivity index (χ3n) is 3.18. The first kappa shape index (κ1) is 15.2. The van der Waals surface area contributed by atoms with Gasteiger partial charge in [0.25, 0.3) is 0 Å². The third-order valence-corrected chi connectivity index (χ3v) is 4.18. The lowest BCUT2D eigenvalue weighted by Gasteiger charge is -2.07. The predicted octanol–water partition coefficient (Wildman–Crippen LogP) is 2.60. The van der Waals surface area contributed by atoms with Gasteiger partial charge in [0.2, 0.25) is 0 Å². The average Bonchev–Trinajstić information content (AvgIpc) is 3.00. The van der Waals surface area contributed by atoms with Crippen LogP contribution in [-0.4, -0.2) is 29.1 Å². The molecule has 7 heteroatoms. The zero-order valence-corrected chi connectivity index (χ0v) is 13.3. The number of aromatic nitrogens is 2. The van der Waals surface area contributed by atoms with Crippen LogP contribution in [0.2, 0.25) is 0 Å². The maximum atomic E-state index is 11.7. The summed E-state index contributed by atoms with van der Waals surface area (Å²) in [7, 11) is 0. The summed E-state index contributed by atoms with van der Waals surface area (Å²) in [6.45, 7) is 1.64. The molecule has 0 aliphatic carbocycles. The van der Waals surface area contributed by atoms with Crippen molar-refractivity contribution in [3.8, 4) is 0 Å². The highest BCUT2D eigenvalue weighted by molar-refractivity contribution is 7.22. The van der Waals surface area contributed by atoms with E-state index in [1.807, 2.05) is 36.4 Å². The van der Waals surface area contributed by atoms with Crippen LogP contribution in [0.3, 0.4) is 0 Å². The van der Waals surface area contributed by atoms with E-state index in [-0.39, 0.29) is 6.03 Å². The van der Waals surface area contributed by atoms with E-state index < -0.39 is 0 Å². The number of pyridine rings is 1. The second kappa shape index (κ2) is 7.55. The molecule has 0 saturated carbocycles. The summed E-state index contributed by atoms with van der Waals surface area (Å²) < 4.78 is 1.15. The van der Waals surface area contributed by atoms with Crippen LogP contribution in [-0.2, 0) is 6.54 Å². The molecule has 0 atom stereocenters. The molecule has 118 valence electrons. The zero-order valence-electron chi connectivity index (χ0n) is 12.5. The highest BCUT2D eigenvalue weighted by atomic mass is 32.1. The van der Waals surface area contributed by atoms with Gasteiger partial charge >= 0.3 is 6.03 Å². The molecule has 0 aliphatic rings. The SMILES string of the molecule is O=C(NCCNc1nc2ccccc2s1)NCc1ccncc1. The molecule has 3 rings (SSSR count). The third kappa shape index (κ3) is 4.40. The van der Waals surface area contributed by atoms with Gasteiger partial charge < -0.3 is 16.0 Å². The molecule has 0 spiro atoms. The van der Waals surface area contributed by atoms with E-state index in [0.29, 0.717) is 19.6 Å². The van der Waals surface area contributed by atoms with E-state index in [2.05, 4.69) is 25.9 Å². The van der Waals surface area contributed by atoms with Crippen molar-refractivity contribution in [3.05, 3.63) is 54.4 Å². The number of thiazole rings is 1. The molecule has 0 aliphatic heterocycles. The van der Waals surface area contributed by atoms with Crippen LogP contribution < -0.4 is 16.0 Å². The standard InChI is InChI=1S/C16H17N5OS/c22-15(20-11-12-5-7-17-8-6-12)18-9-10-19-16-21-13-3-1-2-4-14(13)23-16/h1-8H,9-11H2,(H,19,21)(H2,18,20,22). The van der Waals surface area contributed by atoms with Gasteiger partial charge in [-0.15, -0.1) is 0 Å². The minimum atomic E-state index is -0.187. The van der Waals surface area contributed by atoms with Gasteiger partial charge in [-0.3, -0.25) is 4.98 Å². The number of amides is 2. The van der Waals surface area contributed by atoms with Gasteiger partial charge in [-0.25, -0.2) is 9.78 Å². The molecule has 6 nitrogen and oxygen atoms in total. The van der Waals surface area contributed by atoms with E-state index in [1.165, 1.54) is 0 Å². The average molecular weight is 327 g/mol. The van der Waals surface area contributed by atoms with Gasteiger partial charge in [-0.1, -0.05) is 23.5 Å². The van der Waals surface area contributed by atoms with Crippen LogP contribution in [0.1, 0.15) is 5.56 Å². The highest BCUT2D eigenvalue weighted by Crippen LogP contribution is 2.24. The summed E-state index contributed by atoms with van der Waals surface area (Å²) in [5.41, 5.74) is 2.01. The first-order valence-electron chi connectivity index (χ1n) is 7.31. The number of rotatable bonds is 6. The van der Waals surface area contributed by atoms with Crippen molar-refractivity contribution in [2.24, 2.45) is 0 Å². The van der Waals surface area contributed by atoms with E-state index in [9.17, 15) is 4.79 Å². The lowest BCUT2D eigenvalue weighted by Crippen LogP contribution is -2.37. The fourth-order valence-electron chi connectivity index (χ4n) is 2.04. The molecule has 3 aromatic rings. The highest BCUT2D eigenvalue weighted by Gasteiger charge is 2.03. The molecule has 0 radical (unpaired) electrons. The van der Waals surface area contributed by atoms with Crippen molar-refractivity contribution in [3.63, 3.8) is 0 Å². The second-order valence-electron chi connectivity index (χ2n) is 4.88. The number of benzene rings is 1. The Morgan fingerprint density at radius 1 is 1.04 bits per heavy atom. The van der Waals surface area contributed by atoms with Crippen LogP contribution in [0.4, 0.5) is 9.93 Å². The molecule has 1 aromatic carbocycles. The number of nitrogens with zero attached hydrogens (tertiary/aromatic N) is 2. The van der Waals surface area contributed by atoms with E-state index in [1.54, 1.807) is 23.7 Å². The fraction of sp³-hybridized carbons (Fsp3) is 0.188. The van der Waals surface area contributed by atoms with E-state index in [4.69, 9.17) is 0 Å². The maximum Gasteiger partial charge on any atom is 0.315 e. The molecule has 0 bridgehead atoms. The molecule has 23 heavy (non-hydrogen) atoms. The molecule has 2 heterocycles. The van der Waals surface area contributed by atoms with Crippen molar-refractivity contribution in [1.29, 1.82) is 0 Å². The van der Waals surface area contributed by atoms with Crippen LogP contribution >= 0.6 is 11.3 Å². The van der Waals surface area contributed by atoms with Crippen LogP contribution in [0.5, 0.6) is 0 Å². The van der Waals surface area contributed by atoms with Crippen molar-refractivity contribution in [1.82, 2.24) is 20.6 Å². The summed E-state index contributed by atoms with van der Waals surface area (Å²) in [5.74, 6) is 0. The summed E-state index contributed by atoms with van der Waals surface area (Å²) in [6.07, 6.45) is 3.41. The zero-order chi connectivity index (χ0) is 15.9. The maximum absolute atomic E-state index is 11.7. The van der Waals surface area contributed by atoms with Crippen LogP contribution in [0, 0.1) is 0 Å². The quantitative estimate of drug-likeness (QED) is 0.608. The number of fused-ring (bicyclic) bond motifs is 1. The minimum absolute atomic E-state index is 0.187. The smallest absolute Gasteiger partial charge is 0.315 e. The first-order valence-corrected chi connectivity index (χ1v) is 8.13. The largest absolute Gasteiger partial charge is 0.360 e. The number of carbonyl (C=O) groups excluding carboxylic acids is 1. The Labute approximate surface area is 138 Å². The number of urea groups is 1. The van der Waals surface area contributed by atoms with Gasteiger partial charge in [0, 0.05) is 32.0 Å². The summed E-state index contributed by atoms with van der Waals surface area (Å²) in [4.78, 5) is 20.1. The van der Waals surface area contributed by atoms with Crippen molar-refractivity contribution < 1.29 is 4.79 Å². The summed E-state index contributed by atoms with van der Waals surface area (Å²) in [5, 5.41) is 9.69. The fourth-order valence-corrected chi connectivity index (χ4v) is 2.93. The normalized spacial score (nSPS) is 10.4. The van der Waals surface area contributed by atoms with Crippen molar-refractivity contribution in [2.75, 3.05) is 18.4 Å². The van der Waals surface area contributed by atoms with Crippen molar-refractivity contribution >= 4 is 32.7 Å². The number of para-hydroxylation sites is 1. The van der Waals surface area contributed by atoms with Gasteiger partial charge in [0.05, 0.1) is 10.2 Å². The summed E-state index contributed by atoms with van der Waals surface area (Å²) >= 11 is 1.61. The summed E-state index contributed by atoms with van der Waals surface area (Å²) in [6, 6.07) is 11.6. The molecular weight excluding hydrogens is 310 g/mol. The first-order chi connectivity index (χ1) is 11.3. The van der Waals surface area contributed by atoms with Gasteiger partial charge in [-0.05, 0) is 29.8 Å². The Hall–Kier alpha value is -2.67. The number of hydrogen-bond donors (Lipinski definition) is 3. The Kier molecular flexibility index (Phi) is 5.00. The number of hydrogen-bond acceptors (Lipinski definition) is 5. The Bertz CT molecular complexity index is 741. The Morgan fingerprint density at radius 3 is 2.70 bits per heavy atom. The molecule has 0 unspecified atom stereocenters. The van der Waals surface area contributed by atoms with Crippen LogP contribution in [0.25, 0.3) is 10.2 Å². The Balaban J connectivity index is 1.37. The minimum Gasteiger partial charge on any atom is -0.360 e. The topological polar surface area (TPSA) is 78.9 Å². The number of carbonyl (C=O) groups is 1. The molecule has 0 saturated heterocycles. The van der Waals surface area contributed by atoms with Gasteiger partial charge in [0.15, 0.2) is 5.13 Å². The van der Waals surface area contributed by atoms with E-state index in [0.717, 1.165) is 20.9 Å². The molecular formula is C16H17N5OS. The molecule has 3 N–H and O–H groups in total. The lowest BCUT2D eigenvalue weighted by atomic mass is 10.3. The van der Waals surface area contributed by atoms with E-state index >= 15 is 0 Å². The lowest BCUT2D eigenvalue weighted by molar-refractivity contribution is 0.241. The van der Waals surface area contributed by atoms with Gasteiger partial charge in [-0.2, -0.15) is 0 Å². The molecule has 2 aromatic heterocycles. The predicted molar refractivity (Wildman–Crippen MR) is 92.6 cm³/mol.